The van der Waals surface area contributed by atoms with Gasteiger partial charge < -0.3 is 19.9 Å². The molecule has 1 atom stereocenters. The van der Waals surface area contributed by atoms with Crippen molar-refractivity contribution < 1.29 is 33.8 Å². The minimum atomic E-state index is -0.970. The Morgan fingerprint density at radius 3 is 1.30 bits per heavy atom. The summed E-state index contributed by atoms with van der Waals surface area (Å²) in [5.41, 5.74) is 0. The van der Waals surface area contributed by atoms with Gasteiger partial charge in [0.25, 0.3) is 0 Å². The standard InChI is InChI=1S/C38H71NO7/c1-3-5-7-9-11-13-15-17-19-21-23-25-32-45-37(43)31-30-34(39-35(40)28-27-29-36(41)42)38(44)46-33-26-24-22-20-18-16-14-12-10-8-6-4-2/h34H,3-33H2,1-2H3,(H,39,40)(H,41,42)/t34-/m0/s1. The van der Waals surface area contributed by atoms with Gasteiger partial charge in [-0.05, 0) is 25.7 Å². The predicted octanol–water partition coefficient (Wildman–Crippen LogP) is 9.99. The van der Waals surface area contributed by atoms with Crippen LogP contribution in [0.15, 0.2) is 0 Å². The van der Waals surface area contributed by atoms with Gasteiger partial charge in [-0.25, -0.2) is 4.79 Å². The quantitative estimate of drug-likeness (QED) is 0.0516. The molecule has 8 nitrogen and oxygen atoms in total. The summed E-state index contributed by atoms with van der Waals surface area (Å²) in [6.07, 6.45) is 29.6. The van der Waals surface area contributed by atoms with Crippen molar-refractivity contribution in [3.8, 4) is 0 Å². The fourth-order valence-corrected chi connectivity index (χ4v) is 5.60. The number of carbonyl (C=O) groups excluding carboxylic acids is 3. The van der Waals surface area contributed by atoms with Crippen LogP contribution in [0, 0.1) is 0 Å². The maximum absolute atomic E-state index is 12.8. The van der Waals surface area contributed by atoms with Crippen molar-refractivity contribution in [3.05, 3.63) is 0 Å². The van der Waals surface area contributed by atoms with E-state index in [1.54, 1.807) is 0 Å². The minimum absolute atomic E-state index is 0.00176. The number of nitrogens with one attached hydrogen (secondary N) is 1. The molecule has 0 aromatic rings. The molecule has 0 saturated carbocycles. The van der Waals surface area contributed by atoms with Gasteiger partial charge in [0.05, 0.1) is 13.2 Å². The number of ether oxygens (including phenoxy) is 2. The summed E-state index contributed by atoms with van der Waals surface area (Å²) in [4.78, 5) is 48.2. The molecule has 0 fully saturated rings. The Kier molecular flexibility index (Phi) is 32.6. The van der Waals surface area contributed by atoms with Crippen LogP contribution in [0.1, 0.15) is 200 Å². The Labute approximate surface area is 281 Å². The van der Waals surface area contributed by atoms with E-state index in [1.807, 2.05) is 0 Å². The van der Waals surface area contributed by atoms with Gasteiger partial charge in [-0.15, -0.1) is 0 Å². The molecule has 0 rings (SSSR count). The van der Waals surface area contributed by atoms with Crippen LogP contribution in [0.2, 0.25) is 0 Å². The maximum atomic E-state index is 12.8. The molecule has 0 bridgehead atoms. The number of rotatable bonds is 35. The molecular weight excluding hydrogens is 582 g/mol. The van der Waals surface area contributed by atoms with Crippen LogP contribution >= 0.6 is 0 Å². The van der Waals surface area contributed by atoms with E-state index in [0.29, 0.717) is 6.61 Å². The molecule has 0 aliphatic carbocycles. The van der Waals surface area contributed by atoms with Gasteiger partial charge in [0, 0.05) is 19.3 Å². The molecule has 46 heavy (non-hydrogen) atoms. The van der Waals surface area contributed by atoms with Crippen molar-refractivity contribution >= 4 is 23.8 Å². The second-order valence-corrected chi connectivity index (χ2v) is 13.1. The summed E-state index contributed by atoms with van der Waals surface area (Å²) in [5.74, 6) is -2.33. The number of carbonyl (C=O) groups is 4. The lowest BCUT2D eigenvalue weighted by molar-refractivity contribution is -0.149. The van der Waals surface area contributed by atoms with Crippen LogP contribution in [0.5, 0.6) is 0 Å². The topological polar surface area (TPSA) is 119 Å². The summed E-state index contributed by atoms with van der Waals surface area (Å²) in [5, 5.41) is 11.5. The van der Waals surface area contributed by atoms with Crippen LogP contribution in [0.3, 0.4) is 0 Å². The van der Waals surface area contributed by atoms with Crippen LogP contribution in [0.4, 0.5) is 0 Å². The number of hydrogen-bond acceptors (Lipinski definition) is 6. The normalized spacial score (nSPS) is 11.7. The van der Waals surface area contributed by atoms with E-state index >= 15 is 0 Å². The fourth-order valence-electron chi connectivity index (χ4n) is 5.60. The van der Waals surface area contributed by atoms with Gasteiger partial charge in [-0.1, -0.05) is 155 Å². The van der Waals surface area contributed by atoms with Crippen LogP contribution in [0.25, 0.3) is 0 Å². The summed E-state index contributed by atoms with van der Waals surface area (Å²) in [7, 11) is 0. The number of hydrogen-bond donors (Lipinski definition) is 2. The lowest BCUT2D eigenvalue weighted by Crippen LogP contribution is -2.42. The van der Waals surface area contributed by atoms with Crippen molar-refractivity contribution in [3.63, 3.8) is 0 Å². The first-order valence-corrected chi connectivity index (χ1v) is 19.2. The third-order valence-corrected chi connectivity index (χ3v) is 8.55. The van der Waals surface area contributed by atoms with Crippen LogP contribution < -0.4 is 5.32 Å². The summed E-state index contributed by atoms with van der Waals surface area (Å²) < 4.78 is 10.8. The van der Waals surface area contributed by atoms with Crippen molar-refractivity contribution in [2.45, 2.75) is 206 Å². The fraction of sp³-hybridized carbons (Fsp3) is 0.895. The van der Waals surface area contributed by atoms with Gasteiger partial charge in [0.2, 0.25) is 5.91 Å². The zero-order valence-corrected chi connectivity index (χ0v) is 29.9. The van der Waals surface area contributed by atoms with E-state index in [2.05, 4.69) is 19.2 Å². The SMILES string of the molecule is CCCCCCCCCCCCCCOC(=O)CC[C@H](NC(=O)CCCC(=O)O)C(=O)OCCCCCCCCCCCCCC. The Balaban J connectivity index is 4.18. The van der Waals surface area contributed by atoms with Gasteiger partial charge in [-0.3, -0.25) is 14.4 Å². The monoisotopic (exact) mass is 654 g/mol. The third kappa shape index (κ3) is 31.8. The number of aliphatic carboxylic acids is 1. The second-order valence-electron chi connectivity index (χ2n) is 13.1. The Morgan fingerprint density at radius 1 is 0.500 bits per heavy atom. The van der Waals surface area contributed by atoms with Crippen molar-refractivity contribution in [2.75, 3.05) is 13.2 Å². The van der Waals surface area contributed by atoms with E-state index in [-0.39, 0.29) is 44.7 Å². The highest BCUT2D eigenvalue weighted by Gasteiger charge is 2.23. The Bertz CT molecular complexity index is 743. The number of carboxylic acids is 1. The van der Waals surface area contributed by atoms with E-state index in [4.69, 9.17) is 14.6 Å². The van der Waals surface area contributed by atoms with Crippen molar-refractivity contribution in [2.24, 2.45) is 0 Å². The van der Waals surface area contributed by atoms with Crippen molar-refractivity contribution in [1.29, 1.82) is 0 Å². The molecule has 0 saturated heterocycles. The first kappa shape index (κ1) is 43.9. The van der Waals surface area contributed by atoms with Crippen LogP contribution in [-0.2, 0) is 28.7 Å². The number of unbranched alkanes of at least 4 members (excludes halogenated alkanes) is 22. The maximum Gasteiger partial charge on any atom is 0.328 e. The summed E-state index contributed by atoms with van der Waals surface area (Å²) in [6, 6.07) is -0.950. The molecule has 270 valence electrons. The molecule has 0 radical (unpaired) electrons. The highest BCUT2D eigenvalue weighted by molar-refractivity contribution is 5.85. The minimum Gasteiger partial charge on any atom is -0.481 e. The highest BCUT2D eigenvalue weighted by Crippen LogP contribution is 2.14. The van der Waals surface area contributed by atoms with Gasteiger partial charge >= 0.3 is 17.9 Å². The first-order chi connectivity index (χ1) is 22.4. The third-order valence-electron chi connectivity index (χ3n) is 8.55. The lowest BCUT2D eigenvalue weighted by Gasteiger charge is -2.17. The molecule has 0 heterocycles. The molecular formula is C38H71NO7. The van der Waals surface area contributed by atoms with Crippen molar-refractivity contribution in [1.82, 2.24) is 5.32 Å². The molecule has 0 aliphatic heterocycles. The van der Waals surface area contributed by atoms with E-state index in [9.17, 15) is 19.2 Å². The molecule has 0 aromatic carbocycles. The Morgan fingerprint density at radius 2 is 0.891 bits per heavy atom. The molecule has 0 aliphatic rings. The zero-order chi connectivity index (χ0) is 33.9. The number of amides is 1. The summed E-state index contributed by atoms with van der Waals surface area (Å²) >= 11 is 0. The average molecular weight is 654 g/mol. The predicted molar refractivity (Wildman–Crippen MR) is 187 cm³/mol. The lowest BCUT2D eigenvalue weighted by atomic mass is 10.1. The molecule has 8 heteroatoms. The summed E-state index contributed by atoms with van der Waals surface area (Å²) in [6.45, 7) is 5.14. The van der Waals surface area contributed by atoms with Gasteiger partial charge in [0.1, 0.15) is 6.04 Å². The zero-order valence-electron chi connectivity index (χ0n) is 29.9. The molecule has 0 unspecified atom stereocenters. The molecule has 0 aromatic heterocycles. The van der Waals surface area contributed by atoms with Crippen LogP contribution in [-0.4, -0.2) is 48.2 Å². The average Bonchev–Trinajstić information content (AvgIpc) is 3.03. The second kappa shape index (κ2) is 34.2. The molecule has 1 amide bonds. The Hall–Kier alpha value is -2.12. The van der Waals surface area contributed by atoms with E-state index < -0.39 is 23.9 Å². The van der Waals surface area contributed by atoms with Gasteiger partial charge in [0.15, 0.2) is 0 Å². The number of esters is 2. The number of carboxylic acid groups (broad SMARTS) is 1. The molecule has 0 spiro atoms. The smallest absolute Gasteiger partial charge is 0.328 e. The highest BCUT2D eigenvalue weighted by atomic mass is 16.5. The van der Waals surface area contributed by atoms with Gasteiger partial charge in [-0.2, -0.15) is 0 Å². The van der Waals surface area contributed by atoms with E-state index in [0.717, 1.165) is 38.5 Å². The first-order valence-electron chi connectivity index (χ1n) is 19.2. The molecule has 2 N–H and O–H groups in total. The van der Waals surface area contributed by atoms with E-state index in [1.165, 1.54) is 116 Å². The largest absolute Gasteiger partial charge is 0.481 e.